The van der Waals surface area contributed by atoms with Gasteiger partial charge in [0.2, 0.25) is 0 Å². The van der Waals surface area contributed by atoms with Crippen LogP contribution in [-0.2, 0) is 0 Å². The molecule has 1 aromatic carbocycles. The lowest BCUT2D eigenvalue weighted by molar-refractivity contribution is 0.132. The standard InChI is InChI=1S/C16H17N3O4/c20-14-7-10-19(15(21)17-14)13-3-1-11(2-4-13)12-5-8-18(9-6-12)16(22)23/h1-4,7,10,12H,5-6,8-9H2,(H,22,23)(H,17,20,21). The molecule has 1 saturated heterocycles. The third kappa shape index (κ3) is 3.18. The largest absolute Gasteiger partial charge is 0.465 e. The topological polar surface area (TPSA) is 95.4 Å². The third-order valence-corrected chi connectivity index (χ3v) is 4.23. The molecule has 1 aliphatic heterocycles. The van der Waals surface area contributed by atoms with E-state index in [1.165, 1.54) is 21.7 Å². The number of aromatic nitrogens is 2. The molecule has 3 rings (SSSR count). The predicted molar refractivity (Wildman–Crippen MR) is 84.2 cm³/mol. The van der Waals surface area contributed by atoms with E-state index < -0.39 is 17.3 Å². The van der Waals surface area contributed by atoms with Gasteiger partial charge in [-0.2, -0.15) is 0 Å². The predicted octanol–water partition coefficient (Wildman–Crippen LogP) is 1.38. The van der Waals surface area contributed by atoms with Gasteiger partial charge in [-0.1, -0.05) is 12.1 Å². The van der Waals surface area contributed by atoms with Crippen LogP contribution < -0.4 is 11.2 Å². The van der Waals surface area contributed by atoms with Crippen LogP contribution in [0.1, 0.15) is 24.3 Å². The highest BCUT2D eigenvalue weighted by Crippen LogP contribution is 2.28. The molecule has 1 fully saturated rings. The lowest BCUT2D eigenvalue weighted by Gasteiger charge is -2.30. The van der Waals surface area contributed by atoms with Crippen LogP contribution in [0, 0.1) is 0 Å². The van der Waals surface area contributed by atoms with E-state index in [1.54, 1.807) is 0 Å². The van der Waals surface area contributed by atoms with Crippen LogP contribution in [0.2, 0.25) is 0 Å². The molecule has 2 heterocycles. The number of amides is 1. The second-order valence-electron chi connectivity index (χ2n) is 5.62. The smallest absolute Gasteiger partial charge is 0.407 e. The average molecular weight is 315 g/mol. The first-order valence-electron chi connectivity index (χ1n) is 7.45. The van der Waals surface area contributed by atoms with Crippen molar-refractivity contribution in [1.82, 2.24) is 14.5 Å². The highest BCUT2D eigenvalue weighted by molar-refractivity contribution is 5.65. The molecule has 0 unspecified atom stereocenters. The number of aromatic amines is 1. The van der Waals surface area contributed by atoms with Crippen LogP contribution in [0.5, 0.6) is 0 Å². The van der Waals surface area contributed by atoms with Gasteiger partial charge in [0.05, 0.1) is 5.69 Å². The fourth-order valence-corrected chi connectivity index (χ4v) is 2.93. The SMILES string of the molecule is O=C(O)N1CCC(c2ccc(-n3ccc(=O)[nH]c3=O)cc2)CC1. The van der Waals surface area contributed by atoms with Gasteiger partial charge in [-0.3, -0.25) is 14.3 Å². The van der Waals surface area contributed by atoms with E-state index in [0.29, 0.717) is 24.7 Å². The van der Waals surface area contributed by atoms with Crippen molar-refractivity contribution in [1.29, 1.82) is 0 Å². The van der Waals surface area contributed by atoms with Crippen LogP contribution in [0.4, 0.5) is 4.79 Å². The maximum absolute atomic E-state index is 11.8. The number of nitrogens with one attached hydrogen (secondary N) is 1. The quantitative estimate of drug-likeness (QED) is 0.875. The number of H-pyrrole nitrogens is 1. The summed E-state index contributed by atoms with van der Waals surface area (Å²) in [6.07, 6.45) is 2.17. The summed E-state index contributed by atoms with van der Waals surface area (Å²) in [6, 6.07) is 8.87. The molecule has 7 nitrogen and oxygen atoms in total. The lowest BCUT2D eigenvalue weighted by Crippen LogP contribution is -2.36. The monoisotopic (exact) mass is 315 g/mol. The van der Waals surface area contributed by atoms with Crippen LogP contribution >= 0.6 is 0 Å². The summed E-state index contributed by atoms with van der Waals surface area (Å²) in [6.45, 7) is 1.09. The number of nitrogens with zero attached hydrogens (tertiary/aromatic N) is 2. The van der Waals surface area contributed by atoms with E-state index in [4.69, 9.17) is 5.11 Å². The fourth-order valence-electron chi connectivity index (χ4n) is 2.93. The van der Waals surface area contributed by atoms with Crippen LogP contribution in [-0.4, -0.2) is 38.7 Å². The molecule has 0 radical (unpaired) electrons. The van der Waals surface area contributed by atoms with E-state index in [0.717, 1.165) is 18.4 Å². The number of rotatable bonds is 2. The molecule has 1 aliphatic rings. The van der Waals surface area contributed by atoms with Crippen molar-refractivity contribution >= 4 is 6.09 Å². The normalized spacial score (nSPS) is 15.6. The summed E-state index contributed by atoms with van der Waals surface area (Å²) in [5.41, 5.74) is 0.919. The highest BCUT2D eigenvalue weighted by atomic mass is 16.4. The molecule has 1 aromatic heterocycles. The Morgan fingerprint density at radius 2 is 1.74 bits per heavy atom. The van der Waals surface area contributed by atoms with Gasteiger partial charge in [0, 0.05) is 25.4 Å². The van der Waals surface area contributed by atoms with E-state index in [1.807, 2.05) is 24.3 Å². The zero-order valence-corrected chi connectivity index (χ0v) is 12.4. The Morgan fingerprint density at radius 1 is 1.09 bits per heavy atom. The molecule has 0 bridgehead atoms. The maximum atomic E-state index is 11.8. The van der Waals surface area contributed by atoms with Gasteiger partial charge in [0.25, 0.3) is 5.56 Å². The lowest BCUT2D eigenvalue weighted by atomic mass is 9.89. The molecule has 0 atom stereocenters. The zero-order valence-electron chi connectivity index (χ0n) is 12.4. The minimum atomic E-state index is -0.865. The summed E-state index contributed by atoms with van der Waals surface area (Å²) in [5, 5.41) is 8.97. The average Bonchev–Trinajstić information content (AvgIpc) is 2.55. The summed E-state index contributed by atoms with van der Waals surface area (Å²) in [4.78, 5) is 37.4. The number of hydrogen-bond donors (Lipinski definition) is 2. The van der Waals surface area contributed by atoms with E-state index in [2.05, 4.69) is 4.98 Å². The van der Waals surface area contributed by atoms with Gasteiger partial charge < -0.3 is 10.0 Å². The Balaban J connectivity index is 1.76. The summed E-state index contributed by atoms with van der Waals surface area (Å²) in [7, 11) is 0. The van der Waals surface area contributed by atoms with Gasteiger partial charge >= 0.3 is 11.8 Å². The first-order chi connectivity index (χ1) is 11.0. The van der Waals surface area contributed by atoms with Gasteiger partial charge in [0.1, 0.15) is 0 Å². The van der Waals surface area contributed by atoms with Crippen molar-refractivity contribution in [3.05, 3.63) is 62.9 Å². The highest BCUT2D eigenvalue weighted by Gasteiger charge is 2.23. The zero-order chi connectivity index (χ0) is 16.4. The van der Waals surface area contributed by atoms with E-state index >= 15 is 0 Å². The Morgan fingerprint density at radius 3 is 2.30 bits per heavy atom. The molecule has 1 amide bonds. The molecule has 2 N–H and O–H groups in total. The summed E-state index contributed by atoms with van der Waals surface area (Å²) in [5.74, 6) is 0.326. The van der Waals surface area contributed by atoms with Crippen molar-refractivity contribution < 1.29 is 9.90 Å². The Hall–Kier alpha value is -2.83. The van der Waals surface area contributed by atoms with Gasteiger partial charge in [-0.25, -0.2) is 9.59 Å². The van der Waals surface area contributed by atoms with Gasteiger partial charge in [0.15, 0.2) is 0 Å². The number of carbonyl (C=O) groups is 1. The minimum Gasteiger partial charge on any atom is -0.465 e. The summed E-state index contributed by atoms with van der Waals surface area (Å²) >= 11 is 0. The van der Waals surface area contributed by atoms with E-state index in [9.17, 15) is 14.4 Å². The Labute approximate surface area is 131 Å². The fraction of sp³-hybridized carbons (Fsp3) is 0.312. The van der Waals surface area contributed by atoms with Crippen molar-refractivity contribution in [2.45, 2.75) is 18.8 Å². The van der Waals surface area contributed by atoms with Crippen molar-refractivity contribution in [3.8, 4) is 5.69 Å². The van der Waals surface area contributed by atoms with Crippen molar-refractivity contribution in [2.24, 2.45) is 0 Å². The number of benzene rings is 1. The first kappa shape index (κ1) is 15.1. The van der Waals surface area contributed by atoms with Gasteiger partial charge in [-0.15, -0.1) is 0 Å². The molecule has 0 spiro atoms. The van der Waals surface area contributed by atoms with E-state index in [-0.39, 0.29) is 0 Å². The second-order valence-corrected chi connectivity index (χ2v) is 5.62. The molecular formula is C16H17N3O4. The molecule has 2 aromatic rings. The maximum Gasteiger partial charge on any atom is 0.407 e. The molecular weight excluding hydrogens is 298 g/mol. The van der Waals surface area contributed by atoms with Crippen LogP contribution in [0.15, 0.2) is 46.1 Å². The first-order valence-corrected chi connectivity index (χ1v) is 7.45. The van der Waals surface area contributed by atoms with Crippen molar-refractivity contribution in [2.75, 3.05) is 13.1 Å². The molecule has 7 heteroatoms. The van der Waals surface area contributed by atoms with Crippen LogP contribution in [0.25, 0.3) is 5.69 Å². The van der Waals surface area contributed by atoms with Crippen molar-refractivity contribution in [3.63, 3.8) is 0 Å². The summed E-state index contributed by atoms with van der Waals surface area (Å²) < 4.78 is 1.37. The Bertz CT molecular complexity index is 814. The Kier molecular flexibility index (Phi) is 4.01. The molecule has 0 aliphatic carbocycles. The molecule has 0 saturated carbocycles. The minimum absolute atomic E-state index is 0.326. The molecule has 120 valence electrons. The number of carboxylic acid groups (broad SMARTS) is 1. The number of likely N-dealkylation sites (tertiary alicyclic amines) is 1. The number of piperidine rings is 1. The number of hydrogen-bond acceptors (Lipinski definition) is 3. The van der Waals surface area contributed by atoms with Gasteiger partial charge in [-0.05, 0) is 36.5 Å². The second kappa shape index (κ2) is 6.12. The third-order valence-electron chi connectivity index (χ3n) is 4.23. The molecule has 23 heavy (non-hydrogen) atoms. The van der Waals surface area contributed by atoms with Crippen LogP contribution in [0.3, 0.4) is 0 Å².